The maximum Gasteiger partial charge on any atom is 0.239 e. The fourth-order valence-electron chi connectivity index (χ4n) is 2.23. The van der Waals surface area contributed by atoms with Crippen LogP contribution in [-0.2, 0) is 9.53 Å². The van der Waals surface area contributed by atoms with Crippen molar-refractivity contribution in [3.63, 3.8) is 0 Å². The highest BCUT2D eigenvalue weighted by molar-refractivity contribution is 5.81. The normalized spacial score (nSPS) is 17.8. The average Bonchev–Trinajstić information content (AvgIpc) is 2.86. The van der Waals surface area contributed by atoms with Crippen molar-refractivity contribution in [3.8, 4) is 0 Å². The van der Waals surface area contributed by atoms with E-state index < -0.39 is 0 Å². The van der Waals surface area contributed by atoms with Gasteiger partial charge in [-0.1, -0.05) is 0 Å². The quantitative estimate of drug-likeness (QED) is 0.678. The molecule has 1 rings (SSSR count). The van der Waals surface area contributed by atoms with Gasteiger partial charge in [0.1, 0.15) is 0 Å². The van der Waals surface area contributed by atoms with Crippen LogP contribution in [0.15, 0.2) is 0 Å². The topological polar surface area (TPSA) is 58.8 Å². The summed E-state index contributed by atoms with van der Waals surface area (Å²) in [4.78, 5) is 16.3. The summed E-state index contributed by atoms with van der Waals surface area (Å²) in [5, 5.41) is 0. The fourth-order valence-corrected chi connectivity index (χ4v) is 2.23. The number of likely N-dealkylation sites (tertiary alicyclic amines) is 1. The molecule has 0 radical (unpaired) electrons. The summed E-state index contributed by atoms with van der Waals surface area (Å²) in [6.07, 6.45) is 2.26. The van der Waals surface area contributed by atoms with Gasteiger partial charge < -0.3 is 15.4 Å². The van der Waals surface area contributed by atoms with Crippen LogP contribution in [0.3, 0.4) is 0 Å². The number of hydrogen-bond donors (Lipinski definition) is 1. The molecule has 1 heterocycles. The molecule has 0 aromatic carbocycles. The molecule has 0 spiro atoms. The highest BCUT2D eigenvalue weighted by Crippen LogP contribution is 2.11. The molecule has 17 heavy (non-hydrogen) atoms. The first-order chi connectivity index (χ1) is 8.20. The first kappa shape index (κ1) is 14.4. The van der Waals surface area contributed by atoms with E-state index >= 15 is 0 Å². The molecule has 2 N–H and O–H groups in total. The van der Waals surface area contributed by atoms with E-state index in [4.69, 9.17) is 10.5 Å². The first-order valence-electron chi connectivity index (χ1n) is 6.42. The SMILES string of the molecule is COCCN(CCN)C(C)C(=O)N1CCCC1. The zero-order valence-electron chi connectivity index (χ0n) is 11.0. The molecule has 1 fully saturated rings. The lowest BCUT2D eigenvalue weighted by atomic mass is 10.2. The Morgan fingerprint density at radius 1 is 1.41 bits per heavy atom. The Hall–Kier alpha value is -0.650. The van der Waals surface area contributed by atoms with Crippen molar-refractivity contribution in [1.82, 2.24) is 9.80 Å². The van der Waals surface area contributed by atoms with Crippen molar-refractivity contribution in [2.75, 3.05) is 46.4 Å². The minimum Gasteiger partial charge on any atom is -0.383 e. The second kappa shape index (κ2) is 7.63. The van der Waals surface area contributed by atoms with Crippen LogP contribution in [0.25, 0.3) is 0 Å². The number of carbonyl (C=O) groups is 1. The van der Waals surface area contributed by atoms with Crippen molar-refractivity contribution in [2.24, 2.45) is 5.73 Å². The maximum absolute atomic E-state index is 12.2. The van der Waals surface area contributed by atoms with Crippen LogP contribution in [0.4, 0.5) is 0 Å². The minimum atomic E-state index is -0.0909. The summed E-state index contributed by atoms with van der Waals surface area (Å²) in [6.45, 7) is 6.48. The molecule has 0 aliphatic carbocycles. The summed E-state index contributed by atoms with van der Waals surface area (Å²) >= 11 is 0. The molecule has 0 saturated carbocycles. The van der Waals surface area contributed by atoms with Crippen molar-refractivity contribution < 1.29 is 9.53 Å². The second-order valence-corrected chi connectivity index (χ2v) is 4.53. The lowest BCUT2D eigenvalue weighted by molar-refractivity contribution is -0.135. The number of rotatable bonds is 7. The van der Waals surface area contributed by atoms with Gasteiger partial charge in [0.25, 0.3) is 0 Å². The lowest BCUT2D eigenvalue weighted by Crippen LogP contribution is -2.48. The zero-order valence-corrected chi connectivity index (χ0v) is 11.0. The first-order valence-corrected chi connectivity index (χ1v) is 6.42. The van der Waals surface area contributed by atoms with Gasteiger partial charge in [0.15, 0.2) is 0 Å². The van der Waals surface area contributed by atoms with Crippen molar-refractivity contribution >= 4 is 5.91 Å². The zero-order chi connectivity index (χ0) is 12.7. The van der Waals surface area contributed by atoms with Crippen LogP contribution < -0.4 is 5.73 Å². The summed E-state index contributed by atoms with van der Waals surface area (Å²) in [6, 6.07) is -0.0909. The number of methoxy groups -OCH3 is 1. The number of hydrogen-bond acceptors (Lipinski definition) is 4. The molecule has 0 aromatic rings. The Labute approximate surface area is 104 Å². The van der Waals surface area contributed by atoms with Gasteiger partial charge in [-0.3, -0.25) is 9.69 Å². The van der Waals surface area contributed by atoms with Crippen molar-refractivity contribution in [3.05, 3.63) is 0 Å². The Morgan fingerprint density at radius 2 is 2.06 bits per heavy atom. The predicted molar refractivity (Wildman–Crippen MR) is 67.8 cm³/mol. The van der Waals surface area contributed by atoms with E-state index in [0.717, 1.165) is 39.0 Å². The Morgan fingerprint density at radius 3 is 2.59 bits per heavy atom. The second-order valence-electron chi connectivity index (χ2n) is 4.53. The molecular formula is C12H25N3O2. The van der Waals surface area contributed by atoms with Gasteiger partial charge in [-0.2, -0.15) is 0 Å². The molecule has 1 aliphatic heterocycles. The van der Waals surface area contributed by atoms with E-state index in [-0.39, 0.29) is 11.9 Å². The van der Waals surface area contributed by atoms with E-state index in [1.54, 1.807) is 7.11 Å². The van der Waals surface area contributed by atoms with Gasteiger partial charge >= 0.3 is 0 Å². The predicted octanol–water partition coefficient (Wildman–Crippen LogP) is -0.0956. The van der Waals surface area contributed by atoms with Gasteiger partial charge in [-0.05, 0) is 19.8 Å². The van der Waals surface area contributed by atoms with E-state index in [1.807, 2.05) is 11.8 Å². The minimum absolute atomic E-state index is 0.0909. The Balaban J connectivity index is 2.49. The molecule has 5 nitrogen and oxygen atoms in total. The number of carbonyl (C=O) groups excluding carboxylic acids is 1. The van der Waals surface area contributed by atoms with Gasteiger partial charge in [0.2, 0.25) is 5.91 Å². The molecule has 5 heteroatoms. The summed E-state index contributed by atoms with van der Waals surface area (Å²) in [7, 11) is 1.67. The highest BCUT2D eigenvalue weighted by Gasteiger charge is 2.26. The van der Waals surface area contributed by atoms with E-state index in [9.17, 15) is 4.79 Å². The van der Waals surface area contributed by atoms with E-state index in [0.29, 0.717) is 13.2 Å². The maximum atomic E-state index is 12.2. The number of nitrogens with zero attached hydrogens (tertiary/aromatic N) is 2. The van der Waals surface area contributed by atoms with Gasteiger partial charge in [0.05, 0.1) is 12.6 Å². The third-order valence-electron chi connectivity index (χ3n) is 3.32. The number of ether oxygens (including phenoxy) is 1. The smallest absolute Gasteiger partial charge is 0.239 e. The molecule has 1 atom stereocenters. The Kier molecular flexibility index (Phi) is 6.47. The molecule has 1 aliphatic rings. The van der Waals surface area contributed by atoms with Crippen molar-refractivity contribution in [2.45, 2.75) is 25.8 Å². The molecule has 1 unspecified atom stereocenters. The lowest BCUT2D eigenvalue weighted by Gasteiger charge is -2.30. The molecular weight excluding hydrogens is 218 g/mol. The Bertz CT molecular complexity index is 230. The van der Waals surface area contributed by atoms with Crippen LogP contribution >= 0.6 is 0 Å². The van der Waals surface area contributed by atoms with Crippen LogP contribution in [0.5, 0.6) is 0 Å². The van der Waals surface area contributed by atoms with Crippen molar-refractivity contribution in [1.29, 1.82) is 0 Å². The molecule has 1 saturated heterocycles. The van der Waals surface area contributed by atoms with Gasteiger partial charge in [-0.25, -0.2) is 0 Å². The van der Waals surface area contributed by atoms with Crippen LogP contribution in [0, 0.1) is 0 Å². The van der Waals surface area contributed by atoms with Crippen LogP contribution in [0.1, 0.15) is 19.8 Å². The van der Waals surface area contributed by atoms with Crippen LogP contribution in [0.2, 0.25) is 0 Å². The van der Waals surface area contributed by atoms with E-state index in [1.165, 1.54) is 0 Å². The molecule has 100 valence electrons. The summed E-state index contributed by atoms with van der Waals surface area (Å²) in [5.41, 5.74) is 5.59. The third-order valence-corrected chi connectivity index (χ3v) is 3.32. The van der Waals surface area contributed by atoms with Gasteiger partial charge in [0, 0.05) is 39.8 Å². The highest BCUT2D eigenvalue weighted by atomic mass is 16.5. The summed E-state index contributed by atoms with van der Waals surface area (Å²) < 4.78 is 5.07. The monoisotopic (exact) mass is 243 g/mol. The van der Waals surface area contributed by atoms with E-state index in [2.05, 4.69) is 4.90 Å². The number of amides is 1. The average molecular weight is 243 g/mol. The molecule has 0 bridgehead atoms. The number of nitrogens with two attached hydrogens (primary N) is 1. The summed E-state index contributed by atoms with van der Waals surface area (Å²) in [5.74, 6) is 0.229. The van der Waals surface area contributed by atoms with Crippen LogP contribution in [-0.4, -0.2) is 68.2 Å². The van der Waals surface area contributed by atoms with Gasteiger partial charge in [-0.15, -0.1) is 0 Å². The standard InChI is InChI=1S/C12H25N3O2/c1-11(12(16)15-6-3-4-7-15)14(8-5-13)9-10-17-2/h11H,3-10,13H2,1-2H3. The largest absolute Gasteiger partial charge is 0.383 e. The molecule has 0 aromatic heterocycles. The third kappa shape index (κ3) is 4.26. The fraction of sp³-hybridized carbons (Fsp3) is 0.917. The molecule has 1 amide bonds.